The van der Waals surface area contributed by atoms with Crippen molar-refractivity contribution in [2.24, 2.45) is 0 Å². The van der Waals surface area contributed by atoms with E-state index in [9.17, 15) is 0 Å². The Kier molecular flexibility index (Phi) is 38.7. The zero-order chi connectivity index (χ0) is 15.6. The molecule has 0 aliphatic heterocycles. The van der Waals surface area contributed by atoms with Gasteiger partial charge in [-0.1, -0.05) is 80.1 Å². The molecular weight excluding hydrogens is 349 g/mol. The Morgan fingerprint density at radius 3 is 0.591 bits per heavy atom. The molecule has 0 aromatic heterocycles. The van der Waals surface area contributed by atoms with E-state index < -0.39 is 0 Å². The van der Waals surface area contributed by atoms with Gasteiger partial charge < -0.3 is 0 Å². The van der Waals surface area contributed by atoms with Crippen LogP contribution >= 0.6 is 40.7 Å². The van der Waals surface area contributed by atoms with Gasteiger partial charge in [0, 0.05) is 0 Å². The Balaban J connectivity index is -0.000000135. The van der Waals surface area contributed by atoms with Crippen LogP contribution in [0, 0.1) is 0 Å². The SMILES string of the molecule is CCCP(CCC)CCC.CCCP(CCC)CCC.Cl.Cl. The number of hydrogen-bond donors (Lipinski definition) is 0. The minimum atomic E-state index is 0. The summed E-state index contributed by atoms with van der Waals surface area (Å²) >= 11 is 0. The highest BCUT2D eigenvalue weighted by molar-refractivity contribution is 7.57. The molecule has 0 bridgehead atoms. The van der Waals surface area contributed by atoms with E-state index in [1.807, 2.05) is 0 Å². The van der Waals surface area contributed by atoms with Gasteiger partial charge in [0.05, 0.1) is 0 Å². The topological polar surface area (TPSA) is 0 Å². The van der Waals surface area contributed by atoms with Gasteiger partial charge in [0.2, 0.25) is 0 Å². The number of halogens is 2. The average Bonchev–Trinajstić information content (AvgIpc) is 2.41. The van der Waals surface area contributed by atoms with Gasteiger partial charge in [-0.3, -0.25) is 0 Å². The quantitative estimate of drug-likeness (QED) is 0.293. The van der Waals surface area contributed by atoms with Crippen molar-refractivity contribution in [3.8, 4) is 0 Å². The van der Waals surface area contributed by atoms with Crippen LogP contribution in [0.1, 0.15) is 80.1 Å². The van der Waals surface area contributed by atoms with E-state index in [4.69, 9.17) is 0 Å². The Hall–Kier alpha value is 1.44. The van der Waals surface area contributed by atoms with Gasteiger partial charge in [0.1, 0.15) is 0 Å². The molecule has 0 spiro atoms. The molecule has 0 aromatic rings. The highest BCUT2D eigenvalue weighted by atomic mass is 35.5. The summed E-state index contributed by atoms with van der Waals surface area (Å²) in [6, 6.07) is 0. The lowest BCUT2D eigenvalue weighted by Gasteiger charge is -2.13. The molecule has 0 heterocycles. The second-order valence-corrected chi connectivity index (χ2v) is 11.0. The lowest BCUT2D eigenvalue weighted by atomic mass is 10.6. The van der Waals surface area contributed by atoms with Crippen molar-refractivity contribution < 1.29 is 0 Å². The fourth-order valence-electron chi connectivity index (χ4n) is 2.57. The summed E-state index contributed by atoms with van der Waals surface area (Å²) in [5, 5.41) is 0. The van der Waals surface area contributed by atoms with Crippen molar-refractivity contribution in [2.45, 2.75) is 80.1 Å². The molecule has 0 atom stereocenters. The lowest BCUT2D eigenvalue weighted by Crippen LogP contribution is -1.92. The van der Waals surface area contributed by atoms with Crippen LogP contribution in [0.5, 0.6) is 0 Å². The highest BCUT2D eigenvalue weighted by Gasteiger charge is 2.03. The van der Waals surface area contributed by atoms with E-state index in [2.05, 4.69) is 41.5 Å². The predicted octanol–water partition coefficient (Wildman–Crippen LogP) is 8.24. The smallest absolute Gasteiger partial charge is 0.0329 e. The average molecular weight is 393 g/mol. The Morgan fingerprint density at radius 1 is 0.364 bits per heavy atom. The Labute approximate surface area is 157 Å². The van der Waals surface area contributed by atoms with Crippen molar-refractivity contribution in [2.75, 3.05) is 37.0 Å². The molecule has 0 fully saturated rings. The van der Waals surface area contributed by atoms with Crippen LogP contribution in [-0.2, 0) is 0 Å². The van der Waals surface area contributed by atoms with Gasteiger partial charge in [0.15, 0.2) is 0 Å². The van der Waals surface area contributed by atoms with Crippen LogP contribution in [0.15, 0.2) is 0 Å². The lowest BCUT2D eigenvalue weighted by molar-refractivity contribution is 1.02. The molecule has 0 rings (SSSR count). The predicted molar refractivity (Wildman–Crippen MR) is 119 cm³/mol. The van der Waals surface area contributed by atoms with Gasteiger partial charge >= 0.3 is 0 Å². The summed E-state index contributed by atoms with van der Waals surface area (Å²) in [5.74, 6) is 0. The minimum absolute atomic E-state index is 0. The second kappa shape index (κ2) is 27.3. The normalized spacial score (nSPS) is 9.82. The van der Waals surface area contributed by atoms with Gasteiger partial charge in [-0.25, -0.2) is 0 Å². The van der Waals surface area contributed by atoms with Gasteiger partial charge in [0.25, 0.3) is 0 Å². The number of hydrogen-bond acceptors (Lipinski definition) is 0. The zero-order valence-corrected chi connectivity index (χ0v) is 19.6. The van der Waals surface area contributed by atoms with E-state index >= 15 is 0 Å². The number of rotatable bonds is 12. The molecule has 0 unspecified atom stereocenters. The monoisotopic (exact) mass is 392 g/mol. The van der Waals surface area contributed by atoms with Crippen molar-refractivity contribution in [3.63, 3.8) is 0 Å². The molecular formula is C18H44Cl2P2. The Morgan fingerprint density at radius 2 is 0.500 bits per heavy atom. The van der Waals surface area contributed by atoms with Gasteiger partial charge in [-0.05, 0) is 37.0 Å². The molecule has 22 heavy (non-hydrogen) atoms. The van der Waals surface area contributed by atoms with E-state index in [1.165, 1.54) is 75.5 Å². The first-order valence-corrected chi connectivity index (χ1v) is 12.9. The van der Waals surface area contributed by atoms with Gasteiger partial charge in [-0.15, -0.1) is 40.7 Å². The van der Waals surface area contributed by atoms with E-state index in [-0.39, 0.29) is 24.8 Å². The highest BCUT2D eigenvalue weighted by Crippen LogP contribution is 2.37. The molecule has 4 heteroatoms. The van der Waals surface area contributed by atoms with Crippen molar-refractivity contribution in [3.05, 3.63) is 0 Å². The molecule has 0 nitrogen and oxygen atoms in total. The summed E-state index contributed by atoms with van der Waals surface area (Å²) < 4.78 is 0. The molecule has 0 aromatic carbocycles. The minimum Gasteiger partial charge on any atom is -0.147 e. The maximum atomic E-state index is 2.31. The molecule has 0 aliphatic rings. The maximum absolute atomic E-state index is 2.31. The summed E-state index contributed by atoms with van der Waals surface area (Å²) in [4.78, 5) is 0. The third kappa shape index (κ3) is 23.7. The van der Waals surface area contributed by atoms with Crippen LogP contribution in [0.25, 0.3) is 0 Å². The second-order valence-electron chi connectivity index (χ2n) is 5.68. The van der Waals surface area contributed by atoms with Crippen LogP contribution in [0.3, 0.4) is 0 Å². The van der Waals surface area contributed by atoms with Crippen molar-refractivity contribution in [1.29, 1.82) is 0 Å². The molecule has 0 saturated heterocycles. The first-order valence-electron chi connectivity index (χ1n) is 9.14. The maximum Gasteiger partial charge on any atom is -0.0329 e. The summed E-state index contributed by atoms with van der Waals surface area (Å²) in [7, 11) is 0.878. The molecule has 0 N–H and O–H groups in total. The fraction of sp³-hybridized carbons (Fsp3) is 1.00. The van der Waals surface area contributed by atoms with E-state index in [0.29, 0.717) is 15.8 Å². The molecule has 0 saturated carbocycles. The summed E-state index contributed by atoms with van der Waals surface area (Å²) in [6.07, 6.45) is 17.4. The van der Waals surface area contributed by atoms with Crippen molar-refractivity contribution >= 4 is 40.7 Å². The summed E-state index contributed by atoms with van der Waals surface area (Å²) in [6.45, 7) is 13.8. The largest absolute Gasteiger partial charge is 0.147 e. The van der Waals surface area contributed by atoms with Crippen LogP contribution < -0.4 is 0 Å². The first-order chi connectivity index (χ1) is 9.69. The third-order valence-electron chi connectivity index (χ3n) is 3.24. The first kappa shape index (κ1) is 31.2. The zero-order valence-electron chi connectivity index (χ0n) is 16.2. The van der Waals surface area contributed by atoms with Crippen LogP contribution in [0.2, 0.25) is 0 Å². The van der Waals surface area contributed by atoms with Gasteiger partial charge in [-0.2, -0.15) is 0 Å². The molecule has 0 radical (unpaired) electrons. The van der Waals surface area contributed by atoms with Crippen LogP contribution in [0.4, 0.5) is 0 Å². The van der Waals surface area contributed by atoms with E-state index in [0.717, 1.165) is 0 Å². The third-order valence-corrected chi connectivity index (χ3v) is 9.72. The molecule has 0 aliphatic carbocycles. The summed E-state index contributed by atoms with van der Waals surface area (Å²) in [5.41, 5.74) is 0. The van der Waals surface area contributed by atoms with Crippen molar-refractivity contribution in [1.82, 2.24) is 0 Å². The Bertz CT molecular complexity index is 123. The molecule has 140 valence electrons. The van der Waals surface area contributed by atoms with E-state index in [1.54, 1.807) is 0 Å². The standard InChI is InChI=1S/2C9H21P.2ClH/c2*1-4-7-10(8-5-2)9-6-3;;/h2*4-9H2,1-3H3;2*1H. The fourth-order valence-corrected chi connectivity index (χ4v) is 7.70. The molecule has 0 amide bonds. The van der Waals surface area contributed by atoms with Crippen LogP contribution in [-0.4, -0.2) is 37.0 Å².